The fourth-order valence-electron chi connectivity index (χ4n) is 2.87. The molecule has 1 saturated carbocycles. The fourth-order valence-corrected chi connectivity index (χ4v) is 3.25. The van der Waals surface area contributed by atoms with Gasteiger partial charge in [-0.1, -0.05) is 19.8 Å². The van der Waals surface area contributed by atoms with E-state index in [9.17, 15) is 0 Å². The van der Waals surface area contributed by atoms with E-state index in [4.69, 9.17) is 0 Å². The van der Waals surface area contributed by atoms with Gasteiger partial charge in [-0.2, -0.15) is 0 Å². The van der Waals surface area contributed by atoms with E-state index in [1.54, 1.807) is 0 Å². The van der Waals surface area contributed by atoms with Crippen molar-refractivity contribution in [3.8, 4) is 0 Å². The molecule has 4 heteroatoms. The van der Waals surface area contributed by atoms with Crippen LogP contribution in [0.2, 0.25) is 0 Å². The minimum Gasteiger partial charge on any atom is -0.359 e. The minimum absolute atomic E-state index is 0.849. The molecule has 1 N–H and O–H groups in total. The molecule has 19 heavy (non-hydrogen) atoms. The van der Waals surface area contributed by atoms with Gasteiger partial charge in [0, 0.05) is 36.4 Å². The number of anilines is 1. The predicted molar refractivity (Wildman–Crippen MR) is 84.5 cm³/mol. The summed E-state index contributed by atoms with van der Waals surface area (Å²) in [7, 11) is 2.17. The number of nitrogens with one attached hydrogen (secondary N) is 1. The molecule has 3 nitrogen and oxygen atoms in total. The first-order chi connectivity index (χ1) is 9.20. The van der Waals surface area contributed by atoms with E-state index < -0.39 is 0 Å². The monoisotopic (exact) mass is 325 g/mol. The third-order valence-electron chi connectivity index (χ3n) is 3.84. The second-order valence-corrected chi connectivity index (χ2v) is 6.36. The van der Waals surface area contributed by atoms with Crippen LogP contribution in [0, 0.1) is 5.92 Å². The van der Waals surface area contributed by atoms with Crippen LogP contribution < -0.4 is 10.2 Å². The number of aromatic nitrogens is 1. The molecule has 106 valence electrons. The smallest absolute Gasteiger partial charge is 0.132 e. The van der Waals surface area contributed by atoms with E-state index in [1.807, 2.05) is 6.20 Å². The van der Waals surface area contributed by atoms with Crippen LogP contribution in [-0.4, -0.2) is 25.1 Å². The van der Waals surface area contributed by atoms with Crippen LogP contribution >= 0.6 is 15.9 Å². The van der Waals surface area contributed by atoms with Gasteiger partial charge in [0.15, 0.2) is 0 Å². The molecule has 0 spiro atoms. The summed E-state index contributed by atoms with van der Waals surface area (Å²) in [6, 6.07) is 2.18. The largest absolute Gasteiger partial charge is 0.359 e. The Kier molecular flexibility index (Phi) is 5.64. The average Bonchev–Trinajstić information content (AvgIpc) is 2.89. The molecule has 0 radical (unpaired) electrons. The van der Waals surface area contributed by atoms with Crippen LogP contribution in [0.4, 0.5) is 5.82 Å². The molecule has 0 aliphatic heterocycles. The Morgan fingerprint density at radius 2 is 2.16 bits per heavy atom. The van der Waals surface area contributed by atoms with Gasteiger partial charge in [-0.05, 0) is 47.3 Å². The van der Waals surface area contributed by atoms with E-state index in [2.05, 4.69) is 51.2 Å². The van der Waals surface area contributed by atoms with Crippen LogP contribution in [0.3, 0.4) is 0 Å². The van der Waals surface area contributed by atoms with Gasteiger partial charge in [-0.25, -0.2) is 4.98 Å². The summed E-state index contributed by atoms with van der Waals surface area (Å²) in [6.07, 6.45) is 7.45. The summed E-state index contributed by atoms with van der Waals surface area (Å²) in [4.78, 5) is 6.94. The van der Waals surface area contributed by atoms with Crippen molar-refractivity contribution in [3.05, 3.63) is 22.3 Å². The Bertz CT molecular complexity index is 402. The van der Waals surface area contributed by atoms with Gasteiger partial charge in [-0.3, -0.25) is 0 Å². The molecule has 1 heterocycles. The maximum atomic E-state index is 4.61. The van der Waals surface area contributed by atoms with E-state index in [0.717, 1.165) is 35.8 Å². The lowest BCUT2D eigenvalue weighted by atomic mass is 10.1. The number of hydrogen-bond acceptors (Lipinski definition) is 3. The molecule has 1 aromatic heterocycles. The highest BCUT2D eigenvalue weighted by atomic mass is 79.9. The van der Waals surface area contributed by atoms with Crippen molar-refractivity contribution in [3.63, 3.8) is 0 Å². The molecule has 1 fully saturated rings. The lowest BCUT2D eigenvalue weighted by molar-refractivity contribution is 0.543. The number of pyridine rings is 1. The molecule has 0 aromatic carbocycles. The zero-order chi connectivity index (χ0) is 13.7. The second kappa shape index (κ2) is 7.25. The highest BCUT2D eigenvalue weighted by Gasteiger charge is 2.18. The van der Waals surface area contributed by atoms with Gasteiger partial charge in [-0.15, -0.1) is 0 Å². The number of rotatable bonds is 6. The maximum absolute atomic E-state index is 4.61. The Hall–Kier alpha value is -0.610. The fraction of sp³-hybridized carbons (Fsp3) is 0.667. The first-order valence-corrected chi connectivity index (χ1v) is 8.06. The quantitative estimate of drug-likeness (QED) is 0.866. The van der Waals surface area contributed by atoms with Crippen LogP contribution in [0.1, 0.15) is 38.2 Å². The molecule has 0 saturated heterocycles. The van der Waals surface area contributed by atoms with Crippen molar-refractivity contribution < 1.29 is 0 Å². The standard InChI is InChI=1S/C15H24BrN3/c1-3-17-9-13-8-14(16)10-18-15(13)19(2)11-12-6-4-5-7-12/h8,10,12,17H,3-7,9,11H2,1-2H3. The Labute approximate surface area is 124 Å². The zero-order valence-electron chi connectivity index (χ0n) is 12.0. The number of halogens is 1. The maximum Gasteiger partial charge on any atom is 0.132 e. The lowest BCUT2D eigenvalue weighted by Crippen LogP contribution is -2.27. The molecule has 0 amide bonds. The van der Waals surface area contributed by atoms with Crippen molar-refractivity contribution in [2.24, 2.45) is 5.92 Å². The summed E-state index contributed by atoms with van der Waals surface area (Å²) in [5, 5.41) is 3.39. The molecule has 1 aliphatic rings. The van der Waals surface area contributed by atoms with Gasteiger partial charge >= 0.3 is 0 Å². The normalized spacial score (nSPS) is 15.9. The molecule has 1 aromatic rings. The SMILES string of the molecule is CCNCc1cc(Br)cnc1N(C)CC1CCCC1. The van der Waals surface area contributed by atoms with Crippen molar-refractivity contribution in [2.75, 3.05) is 25.0 Å². The Morgan fingerprint density at radius 3 is 2.84 bits per heavy atom. The van der Waals surface area contributed by atoms with Gasteiger partial charge in [0.05, 0.1) is 0 Å². The predicted octanol–water partition coefficient (Wildman–Crippen LogP) is 3.58. The topological polar surface area (TPSA) is 28.2 Å². The summed E-state index contributed by atoms with van der Waals surface area (Å²) >= 11 is 3.52. The minimum atomic E-state index is 0.849. The highest BCUT2D eigenvalue weighted by molar-refractivity contribution is 9.10. The second-order valence-electron chi connectivity index (χ2n) is 5.45. The van der Waals surface area contributed by atoms with E-state index in [-0.39, 0.29) is 0 Å². The average molecular weight is 326 g/mol. The van der Waals surface area contributed by atoms with Crippen LogP contribution in [-0.2, 0) is 6.54 Å². The van der Waals surface area contributed by atoms with E-state index >= 15 is 0 Å². The van der Waals surface area contributed by atoms with E-state index in [1.165, 1.54) is 31.2 Å². The molecular formula is C15H24BrN3. The van der Waals surface area contributed by atoms with Crippen LogP contribution in [0.5, 0.6) is 0 Å². The number of nitrogens with zero attached hydrogens (tertiary/aromatic N) is 2. The summed E-state index contributed by atoms with van der Waals surface area (Å²) in [5.41, 5.74) is 1.27. The van der Waals surface area contributed by atoms with Crippen LogP contribution in [0.15, 0.2) is 16.7 Å². The first kappa shape index (κ1) is 14.8. The molecule has 2 rings (SSSR count). The molecule has 0 bridgehead atoms. The Morgan fingerprint density at radius 1 is 1.42 bits per heavy atom. The molecule has 0 unspecified atom stereocenters. The van der Waals surface area contributed by atoms with Crippen molar-refractivity contribution >= 4 is 21.7 Å². The van der Waals surface area contributed by atoms with Gasteiger partial charge in [0.1, 0.15) is 5.82 Å². The summed E-state index contributed by atoms with van der Waals surface area (Å²) in [6.45, 7) is 5.13. The van der Waals surface area contributed by atoms with Crippen molar-refractivity contribution in [1.82, 2.24) is 10.3 Å². The molecule has 0 atom stereocenters. The third-order valence-corrected chi connectivity index (χ3v) is 4.28. The summed E-state index contributed by atoms with van der Waals surface area (Å²) < 4.78 is 1.05. The van der Waals surface area contributed by atoms with Crippen molar-refractivity contribution in [1.29, 1.82) is 0 Å². The van der Waals surface area contributed by atoms with E-state index in [0.29, 0.717) is 0 Å². The van der Waals surface area contributed by atoms with Crippen molar-refractivity contribution in [2.45, 2.75) is 39.2 Å². The van der Waals surface area contributed by atoms with Gasteiger partial charge < -0.3 is 10.2 Å². The Balaban J connectivity index is 2.07. The zero-order valence-corrected chi connectivity index (χ0v) is 13.5. The summed E-state index contributed by atoms with van der Waals surface area (Å²) in [5.74, 6) is 1.97. The molecular weight excluding hydrogens is 302 g/mol. The third kappa shape index (κ3) is 4.18. The first-order valence-electron chi connectivity index (χ1n) is 7.27. The lowest BCUT2D eigenvalue weighted by Gasteiger charge is -2.24. The number of hydrogen-bond donors (Lipinski definition) is 1. The highest BCUT2D eigenvalue weighted by Crippen LogP contribution is 2.28. The van der Waals surface area contributed by atoms with Gasteiger partial charge in [0.2, 0.25) is 0 Å². The molecule has 1 aliphatic carbocycles. The van der Waals surface area contributed by atoms with Gasteiger partial charge in [0.25, 0.3) is 0 Å². The van der Waals surface area contributed by atoms with Crippen LogP contribution in [0.25, 0.3) is 0 Å².